The molecule has 1 fully saturated rings. The number of carbonyl (C=O) groups is 2. The number of Topliss-reactive ketones (excluding diaryl/α,β-unsaturated/α-hetero) is 1. The minimum atomic E-state index is -0.819. The summed E-state index contributed by atoms with van der Waals surface area (Å²) in [5, 5.41) is 11.9. The van der Waals surface area contributed by atoms with Crippen molar-refractivity contribution in [1.29, 1.82) is 0 Å². The Labute approximate surface area is 103 Å². The van der Waals surface area contributed by atoms with Gasteiger partial charge < -0.3 is 5.11 Å². The Morgan fingerprint density at radius 3 is 2.47 bits per heavy atom. The molecule has 0 saturated carbocycles. The molecule has 17 heavy (non-hydrogen) atoms. The number of aliphatic carboxylic acids is 1. The van der Waals surface area contributed by atoms with E-state index in [0.29, 0.717) is 11.3 Å². The molecule has 4 nitrogen and oxygen atoms in total. The van der Waals surface area contributed by atoms with E-state index in [2.05, 4.69) is 5.32 Å². The molecule has 5 heteroatoms. The first-order valence-electron chi connectivity index (χ1n) is 5.29. The molecule has 1 aromatic rings. The van der Waals surface area contributed by atoms with Crippen LogP contribution in [-0.4, -0.2) is 28.7 Å². The summed E-state index contributed by atoms with van der Waals surface area (Å²) >= 11 is 1.57. The average Bonchev–Trinajstić information content (AvgIpc) is 2.78. The van der Waals surface area contributed by atoms with Crippen LogP contribution in [0.25, 0.3) is 0 Å². The summed E-state index contributed by atoms with van der Waals surface area (Å²) in [7, 11) is 0. The molecule has 1 saturated heterocycles. The molecule has 2 N–H and O–H groups in total. The fraction of sp³-hybridized carbons (Fsp3) is 0.333. The van der Waals surface area contributed by atoms with Gasteiger partial charge in [-0.15, -0.1) is 11.8 Å². The van der Waals surface area contributed by atoms with Crippen LogP contribution < -0.4 is 5.32 Å². The van der Waals surface area contributed by atoms with Gasteiger partial charge in [-0.1, -0.05) is 24.3 Å². The first-order chi connectivity index (χ1) is 8.08. The van der Waals surface area contributed by atoms with Gasteiger partial charge in [-0.2, -0.15) is 0 Å². The van der Waals surface area contributed by atoms with Crippen molar-refractivity contribution in [1.82, 2.24) is 5.32 Å². The number of carboxylic acids is 1. The summed E-state index contributed by atoms with van der Waals surface area (Å²) in [6, 6.07) is 6.79. The Balaban J connectivity index is 2.09. The average molecular weight is 251 g/mol. The van der Waals surface area contributed by atoms with Gasteiger partial charge in [0, 0.05) is 11.3 Å². The lowest BCUT2D eigenvalue weighted by molar-refractivity contribution is -0.138. The van der Waals surface area contributed by atoms with Crippen LogP contribution in [0.4, 0.5) is 0 Å². The smallest absolute Gasteiger partial charge is 0.321 e. The lowest BCUT2D eigenvalue weighted by Crippen LogP contribution is -2.33. The number of carbonyl (C=O) groups excluding carboxylic acids is 1. The van der Waals surface area contributed by atoms with E-state index in [4.69, 9.17) is 5.11 Å². The topological polar surface area (TPSA) is 66.4 Å². The molecule has 1 aromatic carbocycles. The van der Waals surface area contributed by atoms with Crippen LogP contribution in [0.15, 0.2) is 24.3 Å². The number of thioether (sulfide) groups is 1. The second kappa shape index (κ2) is 4.89. The van der Waals surface area contributed by atoms with Crippen molar-refractivity contribution in [2.24, 2.45) is 0 Å². The number of benzene rings is 1. The molecule has 0 amide bonds. The van der Waals surface area contributed by atoms with Crippen LogP contribution in [0.3, 0.4) is 0 Å². The molecule has 0 radical (unpaired) electrons. The molecule has 1 heterocycles. The van der Waals surface area contributed by atoms with E-state index in [0.717, 1.165) is 5.56 Å². The standard InChI is InChI=1S/C12H13NO3S/c1-7(14)8-2-4-9(5-3-8)11-13-10(6-17-11)12(15)16/h2-5,10-11,13H,6H2,1H3,(H,15,16)/t10?,11-/m1/s1. The van der Waals surface area contributed by atoms with Crippen LogP contribution in [0, 0.1) is 0 Å². The van der Waals surface area contributed by atoms with E-state index in [-0.39, 0.29) is 11.2 Å². The van der Waals surface area contributed by atoms with Crippen molar-refractivity contribution in [3.05, 3.63) is 35.4 Å². The Hall–Kier alpha value is -1.33. The zero-order chi connectivity index (χ0) is 12.4. The number of hydrogen-bond donors (Lipinski definition) is 2. The highest BCUT2D eigenvalue weighted by Gasteiger charge is 2.30. The summed E-state index contributed by atoms with van der Waals surface area (Å²) in [6.45, 7) is 1.53. The van der Waals surface area contributed by atoms with Gasteiger partial charge >= 0.3 is 5.97 Å². The van der Waals surface area contributed by atoms with Gasteiger partial charge in [-0.05, 0) is 12.5 Å². The van der Waals surface area contributed by atoms with Crippen molar-refractivity contribution in [3.63, 3.8) is 0 Å². The quantitative estimate of drug-likeness (QED) is 0.800. The normalized spacial score (nSPS) is 23.6. The maximum atomic E-state index is 11.1. The molecule has 90 valence electrons. The monoisotopic (exact) mass is 251 g/mol. The van der Waals surface area contributed by atoms with E-state index in [1.54, 1.807) is 23.9 Å². The third-order valence-corrected chi connectivity index (χ3v) is 3.97. The number of ketones is 1. The van der Waals surface area contributed by atoms with Crippen LogP contribution >= 0.6 is 11.8 Å². The molecule has 0 spiro atoms. The predicted molar refractivity (Wildman–Crippen MR) is 66.2 cm³/mol. The summed E-state index contributed by atoms with van der Waals surface area (Å²) in [6.07, 6.45) is 0. The van der Waals surface area contributed by atoms with Gasteiger partial charge in [-0.25, -0.2) is 0 Å². The molecular weight excluding hydrogens is 238 g/mol. The SMILES string of the molecule is CC(=O)c1ccc([C@@H]2NC(C(=O)O)CS2)cc1. The first kappa shape index (κ1) is 12.1. The van der Waals surface area contributed by atoms with Crippen molar-refractivity contribution < 1.29 is 14.7 Å². The molecule has 0 aromatic heterocycles. The fourth-order valence-corrected chi connectivity index (χ4v) is 2.93. The van der Waals surface area contributed by atoms with E-state index in [9.17, 15) is 9.59 Å². The van der Waals surface area contributed by atoms with E-state index >= 15 is 0 Å². The Kier molecular flexibility index (Phi) is 3.49. The highest BCUT2D eigenvalue weighted by molar-refractivity contribution is 7.99. The third-order valence-electron chi connectivity index (χ3n) is 2.70. The molecule has 2 rings (SSSR count). The molecule has 0 aliphatic carbocycles. The van der Waals surface area contributed by atoms with Crippen molar-refractivity contribution in [2.75, 3.05) is 5.75 Å². The van der Waals surface area contributed by atoms with Crippen LogP contribution in [0.5, 0.6) is 0 Å². The summed E-state index contributed by atoms with van der Waals surface area (Å²) in [5.41, 5.74) is 1.68. The van der Waals surface area contributed by atoms with Gasteiger partial charge in [0.2, 0.25) is 0 Å². The van der Waals surface area contributed by atoms with E-state index < -0.39 is 12.0 Å². The summed E-state index contributed by atoms with van der Waals surface area (Å²) in [5.74, 6) is -0.221. The van der Waals surface area contributed by atoms with Gasteiger partial charge in [-0.3, -0.25) is 14.9 Å². The number of hydrogen-bond acceptors (Lipinski definition) is 4. The van der Waals surface area contributed by atoms with Crippen molar-refractivity contribution in [2.45, 2.75) is 18.3 Å². The van der Waals surface area contributed by atoms with Gasteiger partial charge in [0.05, 0.1) is 5.37 Å². The largest absolute Gasteiger partial charge is 0.480 e. The lowest BCUT2D eigenvalue weighted by Gasteiger charge is -2.11. The Morgan fingerprint density at radius 1 is 1.35 bits per heavy atom. The highest BCUT2D eigenvalue weighted by atomic mass is 32.2. The number of nitrogens with one attached hydrogen (secondary N) is 1. The highest BCUT2D eigenvalue weighted by Crippen LogP contribution is 2.32. The Bertz CT molecular complexity index is 444. The van der Waals surface area contributed by atoms with Crippen molar-refractivity contribution >= 4 is 23.5 Å². The Morgan fingerprint density at radius 2 is 2.00 bits per heavy atom. The summed E-state index contributed by atoms with van der Waals surface area (Å²) in [4.78, 5) is 21.9. The zero-order valence-corrected chi connectivity index (χ0v) is 10.2. The first-order valence-corrected chi connectivity index (χ1v) is 6.34. The number of rotatable bonds is 3. The molecule has 2 atom stereocenters. The van der Waals surface area contributed by atoms with E-state index in [1.807, 2.05) is 12.1 Å². The van der Waals surface area contributed by atoms with Gasteiger partial charge in [0.1, 0.15) is 6.04 Å². The number of carboxylic acid groups (broad SMARTS) is 1. The van der Waals surface area contributed by atoms with Gasteiger partial charge in [0.15, 0.2) is 5.78 Å². The van der Waals surface area contributed by atoms with Crippen LogP contribution in [0.1, 0.15) is 28.2 Å². The second-order valence-electron chi connectivity index (χ2n) is 3.95. The second-order valence-corrected chi connectivity index (χ2v) is 5.09. The minimum absolute atomic E-state index is 0.00268. The van der Waals surface area contributed by atoms with Gasteiger partial charge in [0.25, 0.3) is 0 Å². The third kappa shape index (κ3) is 2.68. The van der Waals surface area contributed by atoms with E-state index in [1.165, 1.54) is 6.92 Å². The lowest BCUT2D eigenvalue weighted by atomic mass is 10.1. The molecule has 1 aliphatic heterocycles. The molecule has 0 bridgehead atoms. The van der Waals surface area contributed by atoms with Crippen molar-refractivity contribution in [3.8, 4) is 0 Å². The minimum Gasteiger partial charge on any atom is -0.480 e. The molecule has 1 aliphatic rings. The molecule has 1 unspecified atom stereocenters. The summed E-state index contributed by atoms with van der Waals surface area (Å²) < 4.78 is 0. The maximum absolute atomic E-state index is 11.1. The fourth-order valence-electron chi connectivity index (χ4n) is 1.70. The molecular formula is C12H13NO3S. The zero-order valence-electron chi connectivity index (χ0n) is 9.34. The van der Waals surface area contributed by atoms with Crippen LogP contribution in [-0.2, 0) is 4.79 Å². The van der Waals surface area contributed by atoms with Crippen LogP contribution in [0.2, 0.25) is 0 Å². The predicted octanol–water partition coefficient (Wildman–Crippen LogP) is 1.68. The maximum Gasteiger partial charge on any atom is 0.321 e.